The average molecular weight is 447 g/mol. The lowest BCUT2D eigenvalue weighted by Crippen LogP contribution is -2.35. The third-order valence-electron chi connectivity index (χ3n) is 5.38. The zero-order chi connectivity index (χ0) is 22.7. The van der Waals surface area contributed by atoms with Crippen molar-refractivity contribution < 1.29 is 4.39 Å². The predicted octanol–water partition coefficient (Wildman–Crippen LogP) is 5.08. The molecule has 32 heavy (non-hydrogen) atoms. The van der Waals surface area contributed by atoms with Gasteiger partial charge in [0.2, 0.25) is 0 Å². The van der Waals surface area contributed by atoms with Crippen molar-refractivity contribution >= 4 is 33.9 Å². The summed E-state index contributed by atoms with van der Waals surface area (Å²) in [5.41, 5.74) is 5.19. The Morgan fingerprint density at radius 3 is 2.56 bits per heavy atom. The maximum atomic E-state index is 13.3. The van der Waals surface area contributed by atoms with E-state index in [0.717, 1.165) is 27.6 Å². The molecule has 0 aliphatic rings. The molecule has 2 aromatic heterocycles. The fourth-order valence-electron chi connectivity index (χ4n) is 3.49. The van der Waals surface area contributed by atoms with Crippen LogP contribution in [-0.2, 0) is 13.1 Å². The van der Waals surface area contributed by atoms with Crippen molar-refractivity contribution in [3.63, 3.8) is 0 Å². The van der Waals surface area contributed by atoms with Crippen molar-refractivity contribution in [2.45, 2.75) is 26.9 Å². The molecule has 2 N–H and O–H groups in total. The standard InChI is InChI=1S/C25H23FN4OS/c1-16-10-19-12-20(24(31)29-23(19)11-17(16)2)15-30(14-18-4-3-9-27-13-18)25(32)28-22-7-5-21(26)6-8-22/h3-13H,14-15H2,1-2H3,(H,28,32)(H,29,31). The number of aromatic nitrogens is 2. The first kappa shape index (κ1) is 21.6. The van der Waals surface area contributed by atoms with Gasteiger partial charge < -0.3 is 15.2 Å². The summed E-state index contributed by atoms with van der Waals surface area (Å²) in [4.78, 5) is 21.9. The normalized spacial score (nSPS) is 10.8. The van der Waals surface area contributed by atoms with Crippen molar-refractivity contribution in [1.82, 2.24) is 14.9 Å². The number of nitrogens with zero attached hydrogens (tertiary/aromatic N) is 2. The third-order valence-corrected chi connectivity index (χ3v) is 5.74. The maximum absolute atomic E-state index is 13.3. The lowest BCUT2D eigenvalue weighted by Gasteiger charge is -2.26. The lowest BCUT2D eigenvalue weighted by molar-refractivity contribution is 0.410. The quantitative estimate of drug-likeness (QED) is 0.419. The van der Waals surface area contributed by atoms with Crippen molar-refractivity contribution in [3.8, 4) is 0 Å². The molecule has 5 nitrogen and oxygen atoms in total. The Kier molecular flexibility index (Phi) is 6.28. The topological polar surface area (TPSA) is 61.0 Å². The van der Waals surface area contributed by atoms with Crippen LogP contribution in [0.2, 0.25) is 0 Å². The lowest BCUT2D eigenvalue weighted by atomic mass is 10.0. The molecule has 162 valence electrons. The number of rotatable bonds is 5. The highest BCUT2D eigenvalue weighted by Crippen LogP contribution is 2.19. The number of halogens is 1. The van der Waals surface area contributed by atoms with Crippen LogP contribution in [-0.4, -0.2) is 20.0 Å². The van der Waals surface area contributed by atoms with E-state index in [4.69, 9.17) is 12.2 Å². The van der Waals surface area contributed by atoms with Crippen LogP contribution in [0.15, 0.2) is 71.8 Å². The summed E-state index contributed by atoms with van der Waals surface area (Å²) in [6.07, 6.45) is 3.48. The molecule has 0 spiro atoms. The molecule has 0 atom stereocenters. The van der Waals surface area contributed by atoms with Crippen molar-refractivity contribution in [1.29, 1.82) is 0 Å². The highest BCUT2D eigenvalue weighted by Gasteiger charge is 2.15. The van der Waals surface area contributed by atoms with Crippen molar-refractivity contribution in [3.05, 3.63) is 105 Å². The van der Waals surface area contributed by atoms with Gasteiger partial charge in [0.1, 0.15) is 5.82 Å². The molecule has 0 radical (unpaired) electrons. The number of H-pyrrole nitrogens is 1. The number of benzene rings is 2. The van der Waals surface area contributed by atoms with Crippen LogP contribution < -0.4 is 10.9 Å². The number of thiocarbonyl (C=S) groups is 1. The number of fused-ring (bicyclic) bond motifs is 1. The summed E-state index contributed by atoms with van der Waals surface area (Å²) in [5, 5.41) is 4.55. The second-order valence-corrected chi connectivity index (χ2v) is 8.19. The molecular formula is C25H23FN4OS. The number of aromatic amines is 1. The molecule has 4 rings (SSSR count). The molecule has 0 fully saturated rings. The number of aryl methyl sites for hydroxylation is 2. The molecular weight excluding hydrogens is 423 g/mol. The first-order chi connectivity index (χ1) is 15.4. The Morgan fingerprint density at radius 1 is 1.09 bits per heavy atom. The van der Waals surface area contributed by atoms with Crippen LogP contribution in [0.4, 0.5) is 10.1 Å². The number of hydrogen-bond acceptors (Lipinski definition) is 3. The van der Waals surface area contributed by atoms with Crippen molar-refractivity contribution in [2.24, 2.45) is 0 Å². The van der Waals surface area contributed by atoms with Gasteiger partial charge in [0.15, 0.2) is 5.11 Å². The molecule has 4 aromatic rings. The number of anilines is 1. The van der Waals surface area contributed by atoms with Crippen LogP contribution in [0.1, 0.15) is 22.3 Å². The summed E-state index contributed by atoms with van der Waals surface area (Å²) in [6, 6.07) is 15.8. The zero-order valence-electron chi connectivity index (χ0n) is 17.9. The van der Waals surface area contributed by atoms with Gasteiger partial charge in [-0.15, -0.1) is 0 Å². The van der Waals surface area contributed by atoms with Crippen LogP contribution in [0, 0.1) is 19.7 Å². The first-order valence-electron chi connectivity index (χ1n) is 10.2. The van der Waals surface area contributed by atoms with Gasteiger partial charge in [-0.2, -0.15) is 0 Å². The molecule has 2 heterocycles. The second-order valence-electron chi connectivity index (χ2n) is 7.80. The van der Waals surface area contributed by atoms with E-state index in [-0.39, 0.29) is 11.4 Å². The van der Waals surface area contributed by atoms with Gasteiger partial charge in [0, 0.05) is 35.7 Å². The van der Waals surface area contributed by atoms with Gasteiger partial charge in [-0.1, -0.05) is 6.07 Å². The average Bonchev–Trinajstić information content (AvgIpc) is 2.77. The Morgan fingerprint density at radius 2 is 1.84 bits per heavy atom. The van der Waals surface area contributed by atoms with E-state index < -0.39 is 0 Å². The van der Waals surface area contributed by atoms with Gasteiger partial charge in [0.05, 0.1) is 6.54 Å². The minimum Gasteiger partial charge on any atom is -0.340 e. The molecule has 0 saturated heterocycles. The molecule has 0 unspecified atom stereocenters. The van der Waals surface area contributed by atoms with Crippen LogP contribution >= 0.6 is 12.2 Å². The smallest absolute Gasteiger partial charge is 0.253 e. The summed E-state index contributed by atoms with van der Waals surface area (Å²) in [6.45, 7) is 4.84. The molecule has 0 aliphatic heterocycles. The number of hydrogen-bond donors (Lipinski definition) is 2. The first-order valence-corrected chi connectivity index (χ1v) is 10.6. The van der Waals surface area contributed by atoms with Crippen molar-refractivity contribution in [2.75, 3.05) is 5.32 Å². The predicted molar refractivity (Wildman–Crippen MR) is 130 cm³/mol. The van der Waals surface area contributed by atoms with Gasteiger partial charge in [-0.3, -0.25) is 9.78 Å². The highest BCUT2D eigenvalue weighted by molar-refractivity contribution is 7.80. The van der Waals surface area contributed by atoms with E-state index in [0.29, 0.717) is 29.5 Å². The van der Waals surface area contributed by atoms with Crippen LogP contribution in [0.25, 0.3) is 10.9 Å². The van der Waals surface area contributed by atoms with Gasteiger partial charge in [-0.25, -0.2) is 4.39 Å². The van der Waals surface area contributed by atoms with E-state index in [1.54, 1.807) is 24.5 Å². The van der Waals surface area contributed by atoms with E-state index in [9.17, 15) is 9.18 Å². The number of nitrogens with one attached hydrogen (secondary N) is 2. The summed E-state index contributed by atoms with van der Waals surface area (Å²) in [7, 11) is 0. The SMILES string of the molecule is Cc1cc2cc(CN(Cc3cccnc3)C(=S)Nc3ccc(F)cc3)c(=O)[nH]c2cc1C. The Balaban J connectivity index is 1.65. The highest BCUT2D eigenvalue weighted by atomic mass is 32.1. The van der Waals surface area contributed by atoms with Gasteiger partial charge in [0.25, 0.3) is 5.56 Å². The Bertz CT molecular complexity index is 1320. The second kappa shape index (κ2) is 9.28. The molecule has 0 saturated carbocycles. The summed E-state index contributed by atoms with van der Waals surface area (Å²) >= 11 is 5.65. The van der Waals surface area contributed by atoms with E-state index in [1.165, 1.54) is 12.1 Å². The molecule has 2 aromatic carbocycles. The van der Waals surface area contributed by atoms with E-state index in [1.807, 2.05) is 36.1 Å². The molecule has 0 bridgehead atoms. The third kappa shape index (κ3) is 5.00. The molecule has 0 aliphatic carbocycles. The van der Waals surface area contributed by atoms with E-state index in [2.05, 4.69) is 28.3 Å². The summed E-state index contributed by atoms with van der Waals surface area (Å²) < 4.78 is 13.3. The minimum atomic E-state index is -0.318. The number of pyridine rings is 2. The minimum absolute atomic E-state index is 0.151. The Labute approximate surface area is 190 Å². The maximum Gasteiger partial charge on any atom is 0.253 e. The fraction of sp³-hybridized carbons (Fsp3) is 0.160. The molecule has 0 amide bonds. The van der Waals surface area contributed by atoms with Crippen LogP contribution in [0.5, 0.6) is 0 Å². The van der Waals surface area contributed by atoms with E-state index >= 15 is 0 Å². The molecule has 7 heteroatoms. The van der Waals surface area contributed by atoms with Crippen LogP contribution in [0.3, 0.4) is 0 Å². The fourth-order valence-corrected chi connectivity index (χ4v) is 3.74. The van der Waals surface area contributed by atoms with Gasteiger partial charge in [-0.05, 0) is 96.7 Å². The summed E-state index contributed by atoms with van der Waals surface area (Å²) in [5.74, 6) is -0.318. The van der Waals surface area contributed by atoms with Gasteiger partial charge >= 0.3 is 0 Å². The monoisotopic (exact) mass is 446 g/mol. The Hall–Kier alpha value is -3.58. The zero-order valence-corrected chi connectivity index (χ0v) is 18.7. The largest absolute Gasteiger partial charge is 0.340 e.